The highest BCUT2D eigenvalue weighted by Gasteiger charge is 2.45. The van der Waals surface area contributed by atoms with Crippen LogP contribution < -0.4 is 0 Å². The molecule has 4 nitrogen and oxygen atoms in total. The smallest absolute Gasteiger partial charge is 0.417 e. The van der Waals surface area contributed by atoms with E-state index in [1.165, 1.54) is 4.90 Å². The first-order valence-electron chi connectivity index (χ1n) is 5.13. The van der Waals surface area contributed by atoms with Crippen LogP contribution >= 0.6 is 0 Å². The fourth-order valence-corrected chi connectivity index (χ4v) is 1.93. The summed E-state index contributed by atoms with van der Waals surface area (Å²) in [6, 6.07) is -0.0858. The largest absolute Gasteiger partial charge is 0.443 e. The molecule has 0 aromatic carbocycles. The Balaban J connectivity index is 2.09. The van der Waals surface area contributed by atoms with Crippen LogP contribution in [-0.4, -0.2) is 28.5 Å². The van der Waals surface area contributed by atoms with Crippen molar-refractivity contribution in [3.8, 4) is 0 Å². The van der Waals surface area contributed by atoms with E-state index in [0.717, 1.165) is 6.42 Å². The minimum absolute atomic E-state index is 0.0858. The van der Waals surface area contributed by atoms with Crippen LogP contribution in [0.3, 0.4) is 0 Å². The summed E-state index contributed by atoms with van der Waals surface area (Å²) < 4.78 is 5.18. The van der Waals surface area contributed by atoms with Gasteiger partial charge in [0.25, 0.3) is 0 Å². The lowest BCUT2D eigenvalue weighted by molar-refractivity contribution is -0.130. The zero-order chi connectivity index (χ0) is 11.2. The molecule has 0 spiro atoms. The summed E-state index contributed by atoms with van der Waals surface area (Å²) in [6.07, 6.45) is 3.96. The molecule has 1 aliphatic heterocycles. The molecule has 2 bridgehead atoms. The molecule has 2 aliphatic rings. The van der Waals surface area contributed by atoms with E-state index in [2.05, 4.69) is 0 Å². The van der Waals surface area contributed by atoms with Gasteiger partial charge in [0.2, 0.25) is 5.91 Å². The molecule has 0 aromatic heterocycles. The normalized spacial score (nSPS) is 28.7. The molecule has 0 radical (unpaired) electrons. The number of imide groups is 1. The highest BCUT2D eigenvalue weighted by atomic mass is 16.6. The van der Waals surface area contributed by atoms with Gasteiger partial charge in [-0.25, -0.2) is 9.69 Å². The van der Waals surface area contributed by atoms with Gasteiger partial charge in [0, 0.05) is 0 Å². The number of nitrogens with zero attached hydrogens (tertiary/aromatic N) is 1. The number of likely N-dealkylation sites (tertiary alicyclic amines) is 1. The van der Waals surface area contributed by atoms with Crippen molar-refractivity contribution >= 4 is 12.0 Å². The van der Waals surface area contributed by atoms with E-state index in [-0.39, 0.29) is 17.9 Å². The molecule has 2 rings (SSSR count). The molecule has 15 heavy (non-hydrogen) atoms. The maximum atomic E-state index is 11.7. The topological polar surface area (TPSA) is 46.6 Å². The SMILES string of the molecule is CC(C)(C)OC(=O)N1C(=O)[C@@H]2C=C[C@H]1C2. The second kappa shape index (κ2) is 3.08. The zero-order valence-corrected chi connectivity index (χ0v) is 9.19. The van der Waals surface area contributed by atoms with Crippen molar-refractivity contribution in [1.29, 1.82) is 0 Å². The third-order valence-electron chi connectivity index (χ3n) is 2.54. The Morgan fingerprint density at radius 3 is 2.60 bits per heavy atom. The van der Waals surface area contributed by atoms with Crippen molar-refractivity contribution < 1.29 is 14.3 Å². The number of fused-ring (bicyclic) bond motifs is 2. The average Bonchev–Trinajstić information content (AvgIpc) is 2.59. The summed E-state index contributed by atoms with van der Waals surface area (Å²) in [6.45, 7) is 5.37. The average molecular weight is 209 g/mol. The lowest BCUT2D eigenvalue weighted by Gasteiger charge is -2.26. The van der Waals surface area contributed by atoms with Crippen molar-refractivity contribution in [3.63, 3.8) is 0 Å². The molecule has 2 amide bonds. The molecule has 1 saturated heterocycles. The summed E-state index contributed by atoms with van der Waals surface area (Å²) in [5, 5.41) is 0. The van der Waals surface area contributed by atoms with Crippen molar-refractivity contribution in [2.45, 2.75) is 38.8 Å². The van der Waals surface area contributed by atoms with Gasteiger partial charge in [-0.15, -0.1) is 0 Å². The van der Waals surface area contributed by atoms with Crippen molar-refractivity contribution in [1.82, 2.24) is 4.90 Å². The Morgan fingerprint density at radius 2 is 2.13 bits per heavy atom. The van der Waals surface area contributed by atoms with Gasteiger partial charge in [0.15, 0.2) is 0 Å². The fourth-order valence-electron chi connectivity index (χ4n) is 1.93. The van der Waals surface area contributed by atoms with Gasteiger partial charge in [0.05, 0.1) is 12.0 Å². The number of carbonyl (C=O) groups excluding carboxylic acids is 2. The van der Waals surface area contributed by atoms with Gasteiger partial charge in [-0.1, -0.05) is 12.2 Å². The summed E-state index contributed by atoms with van der Waals surface area (Å²) in [7, 11) is 0. The monoisotopic (exact) mass is 209 g/mol. The van der Waals surface area contributed by atoms with E-state index in [9.17, 15) is 9.59 Å². The van der Waals surface area contributed by atoms with E-state index in [1.54, 1.807) is 20.8 Å². The lowest BCUT2D eigenvalue weighted by Crippen LogP contribution is -2.43. The van der Waals surface area contributed by atoms with E-state index in [1.807, 2.05) is 12.2 Å². The summed E-state index contributed by atoms with van der Waals surface area (Å²) in [5.41, 5.74) is -0.553. The second-order valence-corrected chi connectivity index (χ2v) is 4.98. The Kier molecular flexibility index (Phi) is 2.10. The van der Waals surface area contributed by atoms with Crippen LogP contribution in [0.1, 0.15) is 27.2 Å². The Morgan fingerprint density at radius 1 is 1.47 bits per heavy atom. The number of amides is 2. The first-order chi connectivity index (χ1) is 6.88. The molecular weight excluding hydrogens is 194 g/mol. The first-order valence-corrected chi connectivity index (χ1v) is 5.13. The number of rotatable bonds is 0. The number of ether oxygens (including phenoxy) is 1. The van der Waals surface area contributed by atoms with E-state index in [4.69, 9.17) is 4.74 Å². The van der Waals surface area contributed by atoms with Gasteiger partial charge in [-0.05, 0) is 27.2 Å². The van der Waals surface area contributed by atoms with Crippen LogP contribution in [0.5, 0.6) is 0 Å². The predicted octanol–water partition coefficient (Wildman–Crippen LogP) is 1.71. The number of hydrogen-bond donors (Lipinski definition) is 0. The number of hydrogen-bond acceptors (Lipinski definition) is 3. The van der Waals surface area contributed by atoms with Crippen molar-refractivity contribution in [2.24, 2.45) is 5.92 Å². The third-order valence-corrected chi connectivity index (χ3v) is 2.54. The Bertz CT molecular complexity index is 340. The highest BCUT2D eigenvalue weighted by Crippen LogP contribution is 2.33. The van der Waals surface area contributed by atoms with E-state index < -0.39 is 11.7 Å². The summed E-state index contributed by atoms with van der Waals surface area (Å²) >= 11 is 0. The molecule has 0 unspecified atom stereocenters. The molecule has 0 aromatic rings. The van der Waals surface area contributed by atoms with Gasteiger partial charge < -0.3 is 4.74 Å². The van der Waals surface area contributed by atoms with E-state index >= 15 is 0 Å². The zero-order valence-electron chi connectivity index (χ0n) is 9.19. The molecule has 1 fully saturated rings. The maximum absolute atomic E-state index is 11.7. The van der Waals surface area contributed by atoms with Crippen LogP contribution in [0.15, 0.2) is 12.2 Å². The Hall–Kier alpha value is -1.32. The second-order valence-electron chi connectivity index (χ2n) is 4.98. The standard InChI is InChI=1S/C11H15NO3/c1-11(2,3)15-10(14)12-8-5-4-7(6-8)9(12)13/h4-5,7-8H,6H2,1-3H3/t7-,8+/m1/s1. The molecule has 0 N–H and O–H groups in total. The fraction of sp³-hybridized carbons (Fsp3) is 0.636. The molecule has 4 heteroatoms. The lowest BCUT2D eigenvalue weighted by atomic mass is 10.1. The van der Waals surface area contributed by atoms with Crippen molar-refractivity contribution in [2.75, 3.05) is 0 Å². The molecule has 1 aliphatic carbocycles. The quantitative estimate of drug-likeness (QED) is 0.570. The van der Waals surface area contributed by atoms with Crippen molar-refractivity contribution in [3.05, 3.63) is 12.2 Å². The summed E-state index contributed by atoms with van der Waals surface area (Å²) in [5.74, 6) is -0.237. The maximum Gasteiger partial charge on any atom is 0.417 e. The van der Waals surface area contributed by atoms with Crippen LogP contribution in [0.2, 0.25) is 0 Å². The van der Waals surface area contributed by atoms with Crippen LogP contribution in [0.4, 0.5) is 4.79 Å². The number of carbonyl (C=O) groups is 2. The van der Waals surface area contributed by atoms with E-state index in [0.29, 0.717) is 0 Å². The minimum atomic E-state index is -0.553. The van der Waals surface area contributed by atoms with Crippen LogP contribution in [-0.2, 0) is 9.53 Å². The van der Waals surface area contributed by atoms with Crippen LogP contribution in [0.25, 0.3) is 0 Å². The molecule has 1 heterocycles. The highest BCUT2D eigenvalue weighted by molar-refractivity contribution is 5.98. The van der Waals surface area contributed by atoms with Gasteiger partial charge in [0.1, 0.15) is 5.60 Å². The minimum Gasteiger partial charge on any atom is -0.443 e. The van der Waals surface area contributed by atoms with Gasteiger partial charge >= 0.3 is 6.09 Å². The van der Waals surface area contributed by atoms with Gasteiger partial charge in [-0.3, -0.25) is 4.79 Å². The first kappa shape index (κ1) is 10.2. The summed E-state index contributed by atoms with van der Waals surface area (Å²) in [4.78, 5) is 24.6. The molecule has 2 atom stereocenters. The third kappa shape index (κ3) is 1.76. The van der Waals surface area contributed by atoms with Gasteiger partial charge in [-0.2, -0.15) is 0 Å². The molecule has 0 saturated carbocycles. The predicted molar refractivity (Wildman–Crippen MR) is 54.1 cm³/mol. The molecular formula is C11H15NO3. The molecule has 82 valence electrons. The Labute approximate surface area is 88.9 Å². The van der Waals surface area contributed by atoms with Crippen LogP contribution in [0, 0.1) is 5.92 Å².